The van der Waals surface area contributed by atoms with E-state index >= 15 is 0 Å². The van der Waals surface area contributed by atoms with Gasteiger partial charge in [-0.05, 0) is 44.4 Å². The van der Waals surface area contributed by atoms with Crippen LogP contribution in [0.2, 0.25) is 0 Å². The predicted octanol–water partition coefficient (Wildman–Crippen LogP) is 2.21. The molecule has 8 heteroatoms. The van der Waals surface area contributed by atoms with Crippen LogP contribution in [0, 0.1) is 5.92 Å². The fourth-order valence-electron chi connectivity index (χ4n) is 3.72. The topological polar surface area (TPSA) is 85.5 Å². The fourth-order valence-corrected chi connectivity index (χ4v) is 3.72. The quantitative estimate of drug-likeness (QED) is 0.685. The van der Waals surface area contributed by atoms with E-state index in [1.165, 1.54) is 6.42 Å². The van der Waals surface area contributed by atoms with E-state index in [1.54, 1.807) is 10.7 Å². The van der Waals surface area contributed by atoms with Crippen LogP contribution in [0.15, 0.2) is 30.6 Å². The molecule has 4 heterocycles. The number of pyridine rings is 1. The Kier molecular flexibility index (Phi) is 4.27. The molecule has 1 aliphatic heterocycles. The minimum atomic E-state index is 0.0615. The highest BCUT2D eigenvalue weighted by atomic mass is 16.5. The molecule has 2 aliphatic rings. The number of aryl methyl sites for hydroxylation is 1. The van der Waals surface area contributed by atoms with Gasteiger partial charge in [0.1, 0.15) is 12.3 Å². The van der Waals surface area contributed by atoms with Crippen LogP contribution in [-0.4, -0.2) is 44.5 Å². The maximum atomic E-state index is 12.0. The molecule has 2 N–H and O–H groups in total. The Bertz CT molecular complexity index is 1010. The third-order valence-corrected chi connectivity index (χ3v) is 5.44. The summed E-state index contributed by atoms with van der Waals surface area (Å²) in [7, 11) is 1.91. The van der Waals surface area contributed by atoms with Crippen LogP contribution in [-0.2, 0) is 11.8 Å². The van der Waals surface area contributed by atoms with Gasteiger partial charge in [0.05, 0.1) is 11.7 Å². The van der Waals surface area contributed by atoms with Crippen molar-refractivity contribution in [3.63, 3.8) is 0 Å². The smallest absolute Gasteiger partial charge is 0.228 e. The summed E-state index contributed by atoms with van der Waals surface area (Å²) in [5.74, 6) is 1.58. The number of fused-ring (bicyclic) bond motifs is 1. The summed E-state index contributed by atoms with van der Waals surface area (Å²) >= 11 is 0. The zero-order chi connectivity index (χ0) is 19.1. The van der Waals surface area contributed by atoms with Crippen molar-refractivity contribution < 1.29 is 9.53 Å². The number of anilines is 1. The fraction of sp³-hybridized carbons (Fsp3) is 0.450. The molecule has 0 bridgehead atoms. The lowest BCUT2D eigenvalue weighted by molar-refractivity contribution is -0.117. The van der Waals surface area contributed by atoms with E-state index in [1.807, 2.05) is 36.1 Å². The molecule has 1 aliphatic carbocycles. The molecule has 146 valence electrons. The maximum absolute atomic E-state index is 12.0. The summed E-state index contributed by atoms with van der Waals surface area (Å²) in [6.07, 6.45) is 7.96. The first-order chi connectivity index (χ1) is 13.7. The van der Waals surface area contributed by atoms with Crippen LogP contribution in [0.3, 0.4) is 0 Å². The molecule has 5 rings (SSSR count). The lowest BCUT2D eigenvalue weighted by Crippen LogP contribution is -2.28. The van der Waals surface area contributed by atoms with Crippen molar-refractivity contribution in [3.05, 3.63) is 30.6 Å². The van der Waals surface area contributed by atoms with Crippen LogP contribution >= 0.6 is 0 Å². The number of aromatic nitrogens is 4. The molecule has 8 nitrogen and oxygen atoms in total. The monoisotopic (exact) mass is 380 g/mol. The average molecular weight is 380 g/mol. The van der Waals surface area contributed by atoms with Gasteiger partial charge in [0.2, 0.25) is 5.91 Å². The standard InChI is InChI=1S/C20H24N6O2/c1-25-19(17(11-22-25)28-12-15-3-2-7-21-15)14-6-8-26-16(9-14)10-18(24-26)23-20(27)13-4-5-13/h6,8-11,13,15,21H,2-5,7,12H2,1H3,(H,23,24,27)/t15-/m1/s1. The van der Waals surface area contributed by atoms with Gasteiger partial charge in [-0.1, -0.05) is 0 Å². The van der Waals surface area contributed by atoms with E-state index in [-0.39, 0.29) is 11.8 Å². The molecule has 3 aromatic rings. The molecule has 1 saturated heterocycles. The number of carbonyl (C=O) groups excluding carboxylic acids is 1. The van der Waals surface area contributed by atoms with E-state index in [0.717, 1.165) is 48.3 Å². The molecule has 0 aromatic carbocycles. The van der Waals surface area contributed by atoms with E-state index < -0.39 is 0 Å². The van der Waals surface area contributed by atoms with Gasteiger partial charge in [-0.25, -0.2) is 4.52 Å². The molecule has 2 fully saturated rings. The van der Waals surface area contributed by atoms with E-state index in [2.05, 4.69) is 20.8 Å². The molecule has 1 amide bonds. The number of amides is 1. The van der Waals surface area contributed by atoms with E-state index in [4.69, 9.17) is 4.74 Å². The number of hydrogen-bond donors (Lipinski definition) is 2. The summed E-state index contributed by atoms with van der Waals surface area (Å²) in [5.41, 5.74) is 2.85. The van der Waals surface area contributed by atoms with E-state index in [0.29, 0.717) is 18.5 Å². The summed E-state index contributed by atoms with van der Waals surface area (Å²) in [5, 5.41) is 15.2. The molecule has 0 unspecified atom stereocenters. The van der Waals surface area contributed by atoms with Crippen molar-refractivity contribution >= 4 is 17.2 Å². The maximum Gasteiger partial charge on any atom is 0.228 e. The average Bonchev–Trinajstić information content (AvgIpc) is 3.09. The first-order valence-electron chi connectivity index (χ1n) is 9.86. The normalized spacial score (nSPS) is 19.2. The molecule has 1 saturated carbocycles. The molecule has 28 heavy (non-hydrogen) atoms. The highest BCUT2D eigenvalue weighted by Gasteiger charge is 2.30. The Morgan fingerprint density at radius 3 is 3.04 bits per heavy atom. The Balaban J connectivity index is 1.39. The molecular weight excluding hydrogens is 356 g/mol. The van der Waals surface area contributed by atoms with E-state index in [9.17, 15) is 4.79 Å². The zero-order valence-electron chi connectivity index (χ0n) is 15.9. The van der Waals surface area contributed by atoms with Crippen LogP contribution in [0.4, 0.5) is 5.82 Å². The highest BCUT2D eigenvalue weighted by molar-refractivity contribution is 5.93. The van der Waals surface area contributed by atoms with Crippen LogP contribution in [0.1, 0.15) is 25.7 Å². The third-order valence-electron chi connectivity index (χ3n) is 5.44. The number of nitrogens with zero attached hydrogens (tertiary/aromatic N) is 4. The number of rotatable bonds is 6. The predicted molar refractivity (Wildman–Crippen MR) is 105 cm³/mol. The van der Waals surface area contributed by atoms with Gasteiger partial charge in [-0.15, -0.1) is 0 Å². The zero-order valence-corrected chi connectivity index (χ0v) is 15.9. The molecule has 0 spiro atoms. The highest BCUT2D eigenvalue weighted by Crippen LogP contribution is 2.32. The van der Waals surface area contributed by atoms with Gasteiger partial charge in [0, 0.05) is 36.8 Å². The number of carbonyl (C=O) groups is 1. The van der Waals surface area contributed by atoms with Gasteiger partial charge in [-0.3, -0.25) is 9.48 Å². The Morgan fingerprint density at radius 1 is 1.36 bits per heavy atom. The lowest BCUT2D eigenvalue weighted by Gasteiger charge is -2.13. The van der Waals surface area contributed by atoms with Crippen molar-refractivity contribution in [1.29, 1.82) is 0 Å². The minimum Gasteiger partial charge on any atom is -0.488 e. The van der Waals surface area contributed by atoms with Gasteiger partial charge < -0.3 is 15.4 Å². The molecule has 3 aromatic heterocycles. The third kappa shape index (κ3) is 3.35. The van der Waals surface area contributed by atoms with Crippen LogP contribution in [0.5, 0.6) is 5.75 Å². The Morgan fingerprint density at radius 2 is 2.25 bits per heavy atom. The van der Waals surface area contributed by atoms with Gasteiger partial charge in [0.25, 0.3) is 0 Å². The van der Waals surface area contributed by atoms with Crippen molar-refractivity contribution in [2.75, 3.05) is 18.5 Å². The lowest BCUT2D eigenvalue weighted by atomic mass is 10.1. The first kappa shape index (κ1) is 17.2. The second-order valence-electron chi connectivity index (χ2n) is 7.66. The second kappa shape index (κ2) is 6.94. The van der Waals surface area contributed by atoms with Crippen LogP contribution < -0.4 is 15.4 Å². The largest absolute Gasteiger partial charge is 0.488 e. The van der Waals surface area contributed by atoms with Crippen molar-refractivity contribution in [2.24, 2.45) is 13.0 Å². The van der Waals surface area contributed by atoms with Gasteiger partial charge in [0.15, 0.2) is 11.6 Å². The number of hydrogen-bond acceptors (Lipinski definition) is 5. The van der Waals surface area contributed by atoms with Crippen molar-refractivity contribution in [2.45, 2.75) is 31.7 Å². The summed E-state index contributed by atoms with van der Waals surface area (Å²) in [6, 6.07) is 6.33. The minimum absolute atomic E-state index is 0.0615. The number of ether oxygens (including phenoxy) is 1. The van der Waals surface area contributed by atoms with Crippen molar-refractivity contribution in [3.8, 4) is 17.0 Å². The second-order valence-corrected chi connectivity index (χ2v) is 7.66. The molecule has 0 radical (unpaired) electrons. The summed E-state index contributed by atoms with van der Waals surface area (Å²) < 4.78 is 9.67. The van der Waals surface area contributed by atoms with Crippen molar-refractivity contribution in [1.82, 2.24) is 24.7 Å². The summed E-state index contributed by atoms with van der Waals surface area (Å²) in [4.78, 5) is 12.0. The first-order valence-corrected chi connectivity index (χ1v) is 9.86. The SMILES string of the molecule is Cn1ncc(OC[C@H]2CCCN2)c1-c1ccn2nc(NC(=O)C3CC3)cc2c1. The Hall–Kier alpha value is -2.87. The van der Waals surface area contributed by atoms with Crippen LogP contribution in [0.25, 0.3) is 16.8 Å². The molecular formula is C20H24N6O2. The summed E-state index contributed by atoms with van der Waals surface area (Å²) in [6.45, 7) is 1.70. The van der Waals surface area contributed by atoms with Gasteiger partial charge in [-0.2, -0.15) is 10.2 Å². The van der Waals surface area contributed by atoms with Gasteiger partial charge >= 0.3 is 0 Å². The Labute approximate surface area is 162 Å². The molecule has 1 atom stereocenters. The number of nitrogens with one attached hydrogen (secondary N) is 2.